The highest BCUT2D eigenvalue weighted by molar-refractivity contribution is 6.07. The summed E-state index contributed by atoms with van der Waals surface area (Å²) in [7, 11) is 1.70. The second-order valence-corrected chi connectivity index (χ2v) is 7.65. The minimum Gasteiger partial charge on any atom is -0.372 e. The number of nitro benzene ring substituents is 1. The normalized spacial score (nSPS) is 13.5. The molecule has 0 atom stereocenters. The molecule has 1 aliphatic rings. The third-order valence-corrected chi connectivity index (χ3v) is 5.50. The molecule has 31 heavy (non-hydrogen) atoms. The van der Waals surface area contributed by atoms with Crippen LogP contribution in [0.15, 0.2) is 54.9 Å². The Morgan fingerprint density at radius 1 is 1.26 bits per heavy atom. The molecule has 0 aliphatic heterocycles. The molecular formula is C22H20N6O3. The van der Waals surface area contributed by atoms with E-state index >= 15 is 0 Å². The predicted molar refractivity (Wildman–Crippen MR) is 115 cm³/mol. The molecule has 4 aromatic rings. The number of benzene rings is 2. The van der Waals surface area contributed by atoms with E-state index in [-0.39, 0.29) is 22.9 Å². The monoisotopic (exact) mass is 416 g/mol. The molecule has 0 unspecified atom stereocenters. The second-order valence-electron chi connectivity index (χ2n) is 7.65. The van der Waals surface area contributed by atoms with Crippen LogP contribution in [0.3, 0.4) is 0 Å². The lowest BCUT2D eigenvalue weighted by Gasteiger charge is -2.11. The third kappa shape index (κ3) is 3.43. The number of nitro groups is 1. The van der Waals surface area contributed by atoms with Crippen molar-refractivity contribution in [2.45, 2.75) is 25.4 Å². The first-order valence-corrected chi connectivity index (χ1v) is 10.0. The molecule has 2 heterocycles. The van der Waals surface area contributed by atoms with E-state index in [1.807, 2.05) is 24.3 Å². The second kappa shape index (κ2) is 7.35. The van der Waals surface area contributed by atoms with Gasteiger partial charge in [0.05, 0.1) is 22.5 Å². The highest BCUT2D eigenvalue weighted by atomic mass is 16.6. The molecule has 2 aromatic heterocycles. The van der Waals surface area contributed by atoms with E-state index in [0.717, 1.165) is 29.7 Å². The summed E-state index contributed by atoms with van der Waals surface area (Å²) in [6.07, 6.45) is 5.39. The minimum absolute atomic E-state index is 0.158. The van der Waals surface area contributed by atoms with Crippen LogP contribution in [0.2, 0.25) is 0 Å². The van der Waals surface area contributed by atoms with Crippen molar-refractivity contribution in [2.75, 3.05) is 5.32 Å². The Morgan fingerprint density at radius 3 is 2.77 bits per heavy atom. The van der Waals surface area contributed by atoms with Gasteiger partial charge in [0.25, 0.3) is 5.69 Å². The van der Waals surface area contributed by atoms with E-state index < -0.39 is 4.92 Å². The van der Waals surface area contributed by atoms with Gasteiger partial charge in [0.1, 0.15) is 11.5 Å². The summed E-state index contributed by atoms with van der Waals surface area (Å²) in [5.41, 5.74) is 2.39. The lowest BCUT2D eigenvalue weighted by molar-refractivity contribution is -0.384. The van der Waals surface area contributed by atoms with Crippen LogP contribution in [0, 0.1) is 10.1 Å². The number of para-hydroxylation sites is 2. The van der Waals surface area contributed by atoms with Crippen LogP contribution in [-0.4, -0.2) is 29.8 Å². The fourth-order valence-electron chi connectivity index (χ4n) is 3.82. The van der Waals surface area contributed by atoms with Gasteiger partial charge < -0.3 is 14.5 Å². The number of aryl methyl sites for hydroxylation is 1. The minimum atomic E-state index is -0.485. The molecule has 1 fully saturated rings. The number of hydrogen-bond acceptors (Lipinski definition) is 6. The van der Waals surface area contributed by atoms with Crippen LogP contribution >= 0.6 is 0 Å². The van der Waals surface area contributed by atoms with Gasteiger partial charge in [0.15, 0.2) is 5.82 Å². The zero-order valence-corrected chi connectivity index (χ0v) is 16.9. The first-order chi connectivity index (χ1) is 15.0. The van der Waals surface area contributed by atoms with Gasteiger partial charge in [0, 0.05) is 37.1 Å². The zero-order chi connectivity index (χ0) is 21.5. The van der Waals surface area contributed by atoms with Crippen LogP contribution in [0.1, 0.15) is 40.9 Å². The smallest absolute Gasteiger partial charge is 0.293 e. The van der Waals surface area contributed by atoms with Crippen LogP contribution in [0.4, 0.5) is 11.4 Å². The Kier molecular flexibility index (Phi) is 4.50. The molecule has 9 heteroatoms. The SMILES string of the molecule is Cn1ccnc1C(=O)c1ccc(NCc2nc3ccccc3n2C2CC2)c([N+](=O)[O-])c1. The van der Waals surface area contributed by atoms with Gasteiger partial charge in [-0.3, -0.25) is 14.9 Å². The fraction of sp³-hybridized carbons (Fsp3) is 0.227. The van der Waals surface area contributed by atoms with E-state index in [1.54, 1.807) is 29.9 Å². The number of carbonyl (C=O) groups is 1. The number of anilines is 1. The summed E-state index contributed by atoms with van der Waals surface area (Å²) in [6, 6.07) is 12.8. The lowest BCUT2D eigenvalue weighted by Crippen LogP contribution is -2.11. The molecular weight excluding hydrogens is 396 g/mol. The van der Waals surface area contributed by atoms with Crippen molar-refractivity contribution in [1.82, 2.24) is 19.1 Å². The van der Waals surface area contributed by atoms with Gasteiger partial charge in [-0.05, 0) is 37.1 Å². The summed E-state index contributed by atoms with van der Waals surface area (Å²) in [4.78, 5) is 32.6. The third-order valence-electron chi connectivity index (χ3n) is 5.50. The molecule has 2 aromatic carbocycles. The average Bonchev–Trinajstić information content (AvgIpc) is 3.40. The first-order valence-electron chi connectivity index (χ1n) is 10.0. The molecule has 0 amide bonds. The molecule has 9 nitrogen and oxygen atoms in total. The Balaban J connectivity index is 1.44. The number of carbonyl (C=O) groups excluding carboxylic acids is 1. The van der Waals surface area contributed by atoms with Crippen molar-refractivity contribution >= 4 is 28.2 Å². The number of nitrogens with one attached hydrogen (secondary N) is 1. The quantitative estimate of drug-likeness (QED) is 0.278. The average molecular weight is 416 g/mol. The highest BCUT2D eigenvalue weighted by Gasteiger charge is 2.28. The van der Waals surface area contributed by atoms with Crippen molar-refractivity contribution in [3.8, 4) is 0 Å². The Labute approximate surface area is 177 Å². The van der Waals surface area contributed by atoms with Crippen LogP contribution < -0.4 is 5.32 Å². The molecule has 1 aliphatic carbocycles. The zero-order valence-electron chi connectivity index (χ0n) is 16.9. The van der Waals surface area contributed by atoms with E-state index in [0.29, 0.717) is 18.3 Å². The predicted octanol–water partition coefficient (Wildman–Crippen LogP) is 3.86. The summed E-state index contributed by atoms with van der Waals surface area (Å²) < 4.78 is 3.80. The van der Waals surface area contributed by atoms with Crippen molar-refractivity contribution < 1.29 is 9.72 Å². The number of rotatable bonds is 7. The molecule has 1 saturated carbocycles. The number of hydrogen-bond donors (Lipinski definition) is 1. The molecule has 0 bridgehead atoms. The fourth-order valence-corrected chi connectivity index (χ4v) is 3.82. The maximum Gasteiger partial charge on any atom is 0.293 e. The van der Waals surface area contributed by atoms with Crippen LogP contribution in [0.5, 0.6) is 0 Å². The molecule has 156 valence electrons. The number of nitrogens with zero attached hydrogens (tertiary/aromatic N) is 5. The highest BCUT2D eigenvalue weighted by Crippen LogP contribution is 2.39. The molecule has 1 N–H and O–H groups in total. The van der Waals surface area contributed by atoms with Gasteiger partial charge in [-0.1, -0.05) is 12.1 Å². The number of aromatic nitrogens is 4. The van der Waals surface area contributed by atoms with Crippen molar-refractivity contribution in [3.63, 3.8) is 0 Å². The van der Waals surface area contributed by atoms with E-state index in [4.69, 9.17) is 4.98 Å². The van der Waals surface area contributed by atoms with Crippen LogP contribution in [-0.2, 0) is 13.6 Å². The molecule has 5 rings (SSSR count). The van der Waals surface area contributed by atoms with Gasteiger partial charge in [-0.2, -0.15) is 0 Å². The Morgan fingerprint density at radius 2 is 2.06 bits per heavy atom. The van der Waals surface area contributed by atoms with Crippen LogP contribution in [0.25, 0.3) is 11.0 Å². The summed E-state index contributed by atoms with van der Waals surface area (Å²) in [6.45, 7) is 0.346. The summed E-state index contributed by atoms with van der Waals surface area (Å²) in [5.74, 6) is 0.706. The van der Waals surface area contributed by atoms with Crippen molar-refractivity contribution in [1.29, 1.82) is 0 Å². The summed E-state index contributed by atoms with van der Waals surface area (Å²) in [5, 5.41) is 14.9. The largest absolute Gasteiger partial charge is 0.372 e. The van der Waals surface area contributed by atoms with Crippen molar-refractivity contribution in [2.24, 2.45) is 7.05 Å². The number of ketones is 1. The van der Waals surface area contributed by atoms with Gasteiger partial charge in [-0.25, -0.2) is 9.97 Å². The molecule has 0 saturated heterocycles. The molecule has 0 radical (unpaired) electrons. The topological polar surface area (TPSA) is 108 Å². The molecule has 0 spiro atoms. The van der Waals surface area contributed by atoms with Gasteiger partial charge in [-0.15, -0.1) is 0 Å². The standard InChI is InChI=1S/C22H20N6O3/c1-26-11-10-23-22(26)21(29)14-6-9-16(19(12-14)28(30)31)24-13-20-25-17-4-2-3-5-18(17)27(20)15-7-8-15/h2-6,9-12,15,24H,7-8,13H2,1H3. The maximum absolute atomic E-state index is 12.7. The van der Waals surface area contributed by atoms with Gasteiger partial charge >= 0.3 is 0 Å². The van der Waals surface area contributed by atoms with E-state index in [2.05, 4.69) is 14.9 Å². The lowest BCUT2D eigenvalue weighted by atomic mass is 10.1. The van der Waals surface area contributed by atoms with E-state index in [9.17, 15) is 14.9 Å². The maximum atomic E-state index is 12.7. The first kappa shape index (κ1) is 19.0. The van der Waals surface area contributed by atoms with Crippen molar-refractivity contribution in [3.05, 3.63) is 82.2 Å². The Hall–Kier alpha value is -4.01. The van der Waals surface area contributed by atoms with E-state index in [1.165, 1.54) is 12.3 Å². The number of fused-ring (bicyclic) bond motifs is 1. The van der Waals surface area contributed by atoms with Gasteiger partial charge in [0.2, 0.25) is 5.78 Å². The number of imidazole rings is 2. The Bertz CT molecular complexity index is 1320. The summed E-state index contributed by atoms with van der Waals surface area (Å²) >= 11 is 0.